The number of phenolic OH excluding ortho intramolecular Hbond substituents is 2. The van der Waals surface area contributed by atoms with Gasteiger partial charge in [-0.1, -0.05) is 0 Å². The first-order chi connectivity index (χ1) is 7.59. The van der Waals surface area contributed by atoms with Crippen molar-refractivity contribution in [3.63, 3.8) is 0 Å². The van der Waals surface area contributed by atoms with E-state index in [1.54, 1.807) is 4.90 Å². The molecule has 2 rings (SSSR count). The number of hydrogen-bond donors (Lipinski definition) is 2. The highest BCUT2D eigenvalue weighted by molar-refractivity contribution is 5.97. The van der Waals surface area contributed by atoms with E-state index in [1.165, 1.54) is 18.2 Å². The van der Waals surface area contributed by atoms with Gasteiger partial charge < -0.3 is 15.1 Å². The molecule has 1 atom stereocenters. The summed E-state index contributed by atoms with van der Waals surface area (Å²) in [6.45, 7) is 2.71. The smallest absolute Gasteiger partial charge is 0.257 e. The molecule has 2 N–H and O–H groups in total. The number of carbonyl (C=O) groups is 1. The summed E-state index contributed by atoms with van der Waals surface area (Å²) in [7, 11) is 0. The second-order valence-electron chi connectivity index (χ2n) is 4.19. The first kappa shape index (κ1) is 10.8. The highest BCUT2D eigenvalue weighted by atomic mass is 16.3. The highest BCUT2D eigenvalue weighted by Gasteiger charge is 2.27. The van der Waals surface area contributed by atoms with Gasteiger partial charge in [0.05, 0.1) is 5.56 Å². The van der Waals surface area contributed by atoms with Gasteiger partial charge in [-0.2, -0.15) is 0 Å². The van der Waals surface area contributed by atoms with Crippen LogP contribution in [0.25, 0.3) is 0 Å². The largest absolute Gasteiger partial charge is 0.508 e. The Labute approximate surface area is 94.1 Å². The van der Waals surface area contributed by atoms with Crippen molar-refractivity contribution in [2.24, 2.45) is 0 Å². The van der Waals surface area contributed by atoms with E-state index in [2.05, 4.69) is 0 Å². The molecule has 1 amide bonds. The van der Waals surface area contributed by atoms with Crippen molar-refractivity contribution in [2.45, 2.75) is 25.8 Å². The van der Waals surface area contributed by atoms with Crippen LogP contribution in [-0.4, -0.2) is 33.6 Å². The van der Waals surface area contributed by atoms with Crippen LogP contribution < -0.4 is 0 Å². The molecule has 0 aliphatic carbocycles. The minimum absolute atomic E-state index is 0.00648. The fourth-order valence-corrected chi connectivity index (χ4v) is 2.09. The van der Waals surface area contributed by atoms with Crippen molar-refractivity contribution in [1.29, 1.82) is 0 Å². The number of carbonyl (C=O) groups excluding carboxylic acids is 1. The van der Waals surface area contributed by atoms with Crippen molar-refractivity contribution in [3.8, 4) is 11.5 Å². The SMILES string of the molecule is CC1CCCN1C(=O)c1cc(O)ccc1O. The Morgan fingerprint density at radius 2 is 2.19 bits per heavy atom. The van der Waals surface area contributed by atoms with Crippen LogP contribution in [0.2, 0.25) is 0 Å². The minimum Gasteiger partial charge on any atom is -0.508 e. The monoisotopic (exact) mass is 221 g/mol. The van der Waals surface area contributed by atoms with Crippen LogP contribution in [0.4, 0.5) is 0 Å². The molecular weight excluding hydrogens is 206 g/mol. The highest BCUT2D eigenvalue weighted by Crippen LogP contribution is 2.26. The Bertz CT molecular complexity index is 417. The summed E-state index contributed by atoms with van der Waals surface area (Å²) in [4.78, 5) is 13.8. The van der Waals surface area contributed by atoms with Crippen molar-refractivity contribution < 1.29 is 15.0 Å². The number of rotatable bonds is 1. The maximum absolute atomic E-state index is 12.1. The first-order valence-electron chi connectivity index (χ1n) is 5.42. The lowest BCUT2D eigenvalue weighted by Gasteiger charge is -2.21. The van der Waals surface area contributed by atoms with E-state index in [0.29, 0.717) is 0 Å². The normalized spacial score (nSPS) is 20.1. The number of phenols is 2. The van der Waals surface area contributed by atoms with Crippen LogP contribution in [0.1, 0.15) is 30.1 Å². The quantitative estimate of drug-likeness (QED) is 0.710. The zero-order chi connectivity index (χ0) is 11.7. The minimum atomic E-state index is -0.210. The van der Waals surface area contributed by atoms with Gasteiger partial charge in [-0.25, -0.2) is 0 Å². The third-order valence-electron chi connectivity index (χ3n) is 3.02. The molecule has 4 nitrogen and oxygen atoms in total. The molecule has 1 aromatic carbocycles. The maximum Gasteiger partial charge on any atom is 0.257 e. The zero-order valence-electron chi connectivity index (χ0n) is 9.18. The van der Waals surface area contributed by atoms with Gasteiger partial charge in [-0.05, 0) is 38.0 Å². The lowest BCUT2D eigenvalue weighted by atomic mass is 10.1. The number of aromatic hydroxyl groups is 2. The fraction of sp³-hybridized carbons (Fsp3) is 0.417. The van der Waals surface area contributed by atoms with Gasteiger partial charge in [0.2, 0.25) is 0 Å². The Morgan fingerprint density at radius 1 is 1.44 bits per heavy atom. The average molecular weight is 221 g/mol. The number of hydrogen-bond acceptors (Lipinski definition) is 3. The van der Waals surface area contributed by atoms with Crippen molar-refractivity contribution in [2.75, 3.05) is 6.54 Å². The van der Waals surface area contributed by atoms with Crippen LogP contribution in [0.15, 0.2) is 18.2 Å². The lowest BCUT2D eigenvalue weighted by Crippen LogP contribution is -2.33. The topological polar surface area (TPSA) is 60.8 Å². The van der Waals surface area contributed by atoms with Gasteiger partial charge >= 0.3 is 0 Å². The number of likely N-dealkylation sites (tertiary alicyclic amines) is 1. The average Bonchev–Trinajstić information content (AvgIpc) is 2.67. The maximum atomic E-state index is 12.1. The summed E-state index contributed by atoms with van der Waals surface area (Å²) in [5, 5.41) is 18.9. The Hall–Kier alpha value is -1.71. The van der Waals surface area contributed by atoms with Gasteiger partial charge in [0.1, 0.15) is 11.5 Å². The fourth-order valence-electron chi connectivity index (χ4n) is 2.09. The van der Waals surface area contributed by atoms with Crippen LogP contribution in [0, 0.1) is 0 Å². The predicted molar refractivity (Wildman–Crippen MR) is 59.5 cm³/mol. The van der Waals surface area contributed by atoms with Gasteiger partial charge in [-0.3, -0.25) is 4.79 Å². The Morgan fingerprint density at radius 3 is 2.81 bits per heavy atom. The van der Waals surface area contributed by atoms with Crippen LogP contribution in [0.5, 0.6) is 11.5 Å². The number of benzene rings is 1. The molecule has 0 spiro atoms. The molecule has 1 aliphatic rings. The predicted octanol–water partition coefficient (Wildman–Crippen LogP) is 1.72. The molecule has 4 heteroatoms. The van der Waals surface area contributed by atoms with Crippen LogP contribution in [-0.2, 0) is 0 Å². The zero-order valence-corrected chi connectivity index (χ0v) is 9.18. The van der Waals surface area contributed by atoms with E-state index in [4.69, 9.17) is 0 Å². The number of amides is 1. The molecule has 1 aromatic rings. The molecule has 86 valence electrons. The summed E-state index contributed by atoms with van der Waals surface area (Å²) in [6.07, 6.45) is 1.98. The second kappa shape index (κ2) is 4.04. The summed E-state index contributed by atoms with van der Waals surface area (Å²) >= 11 is 0. The molecule has 0 saturated carbocycles. The number of nitrogens with zero attached hydrogens (tertiary/aromatic N) is 1. The van der Waals surface area contributed by atoms with Gasteiger partial charge in [0, 0.05) is 12.6 Å². The molecule has 16 heavy (non-hydrogen) atoms. The summed E-state index contributed by atoms with van der Waals surface area (Å²) in [6, 6.07) is 4.21. The van der Waals surface area contributed by atoms with Crippen LogP contribution >= 0.6 is 0 Å². The van der Waals surface area contributed by atoms with Gasteiger partial charge in [0.25, 0.3) is 5.91 Å². The van der Waals surface area contributed by atoms with E-state index in [-0.39, 0.29) is 29.0 Å². The van der Waals surface area contributed by atoms with E-state index in [0.717, 1.165) is 19.4 Å². The molecule has 1 heterocycles. The first-order valence-corrected chi connectivity index (χ1v) is 5.42. The van der Waals surface area contributed by atoms with E-state index >= 15 is 0 Å². The lowest BCUT2D eigenvalue weighted by molar-refractivity contribution is 0.0744. The molecule has 1 unspecified atom stereocenters. The van der Waals surface area contributed by atoms with Gasteiger partial charge in [-0.15, -0.1) is 0 Å². The third kappa shape index (κ3) is 1.83. The summed E-state index contributed by atoms with van der Waals surface area (Å²) in [5.41, 5.74) is 0.175. The van der Waals surface area contributed by atoms with E-state index < -0.39 is 0 Å². The molecule has 1 fully saturated rings. The van der Waals surface area contributed by atoms with Crippen molar-refractivity contribution in [1.82, 2.24) is 4.90 Å². The standard InChI is InChI=1S/C12H15NO3/c1-8-3-2-6-13(8)12(16)10-7-9(14)4-5-11(10)15/h4-5,7-8,14-15H,2-3,6H2,1H3. The third-order valence-corrected chi connectivity index (χ3v) is 3.02. The second-order valence-corrected chi connectivity index (χ2v) is 4.19. The van der Waals surface area contributed by atoms with E-state index in [9.17, 15) is 15.0 Å². The van der Waals surface area contributed by atoms with E-state index in [1.807, 2.05) is 6.92 Å². The summed E-state index contributed by atoms with van der Waals surface area (Å²) in [5.74, 6) is -0.298. The molecule has 0 bridgehead atoms. The van der Waals surface area contributed by atoms with Crippen LogP contribution in [0.3, 0.4) is 0 Å². The summed E-state index contributed by atoms with van der Waals surface area (Å²) < 4.78 is 0. The Kier molecular flexibility index (Phi) is 2.73. The molecule has 0 aromatic heterocycles. The van der Waals surface area contributed by atoms with Crippen molar-refractivity contribution in [3.05, 3.63) is 23.8 Å². The Balaban J connectivity index is 2.29. The molecule has 1 aliphatic heterocycles. The molecule has 1 saturated heterocycles. The van der Waals surface area contributed by atoms with Gasteiger partial charge in [0.15, 0.2) is 0 Å². The van der Waals surface area contributed by atoms with Crippen molar-refractivity contribution >= 4 is 5.91 Å². The molecular formula is C12H15NO3. The molecule has 0 radical (unpaired) electrons.